The van der Waals surface area contributed by atoms with Crippen LogP contribution in [0.25, 0.3) is 0 Å². The number of hydrogen-bond donors (Lipinski definition) is 0. The van der Waals surface area contributed by atoms with Crippen molar-refractivity contribution in [3.8, 4) is 0 Å². The second-order valence-corrected chi connectivity index (χ2v) is 21.1. The third-order valence-electron chi connectivity index (χ3n) is 7.16. The maximum atomic E-state index is 4.74. The third-order valence-corrected chi connectivity index (χ3v) is 7.16. The lowest BCUT2D eigenvalue weighted by Crippen LogP contribution is -2.17. The van der Waals surface area contributed by atoms with Gasteiger partial charge in [-0.15, -0.1) is 10.2 Å². The summed E-state index contributed by atoms with van der Waals surface area (Å²) in [6.45, 7) is 42.4. The van der Waals surface area contributed by atoms with E-state index in [9.17, 15) is 0 Å². The minimum Gasteiger partial charge on any atom is -0.258 e. The van der Waals surface area contributed by atoms with Gasteiger partial charge < -0.3 is 0 Å². The van der Waals surface area contributed by atoms with Crippen molar-refractivity contribution in [1.29, 1.82) is 0 Å². The van der Waals surface area contributed by atoms with E-state index in [4.69, 9.17) is 4.98 Å². The van der Waals surface area contributed by atoms with Gasteiger partial charge in [0.25, 0.3) is 0 Å². The standard InChI is InChI=1S/C15H25N.2C13H25N3/c1-14(2,3)10-12-8-7-9-13(16-12)11-15(4,5)6;1-12(2,3)7-8-16-10-11(14-15-16)9-13(4,5)6;1-12(2,3)7-8-16-11(10-14-15-16)9-13(4,5)6/h7-9H,10-11H2,1-6H3;2*10H,7-9H2,1-6H3. The zero-order valence-electron chi connectivity index (χ0n) is 34.7. The van der Waals surface area contributed by atoms with Crippen LogP contribution in [0.5, 0.6) is 0 Å². The van der Waals surface area contributed by atoms with E-state index in [0.717, 1.165) is 57.3 Å². The van der Waals surface area contributed by atoms with Crippen LogP contribution >= 0.6 is 0 Å². The van der Waals surface area contributed by atoms with Crippen LogP contribution in [-0.2, 0) is 38.8 Å². The van der Waals surface area contributed by atoms with Crippen molar-refractivity contribution < 1.29 is 0 Å². The summed E-state index contributed by atoms with van der Waals surface area (Å²) >= 11 is 0. The van der Waals surface area contributed by atoms with Crippen molar-refractivity contribution in [2.75, 3.05) is 0 Å². The Balaban J connectivity index is 0.000000360. The van der Waals surface area contributed by atoms with Gasteiger partial charge in [0.05, 0.1) is 17.6 Å². The molecule has 0 aromatic carbocycles. The molecule has 0 saturated heterocycles. The lowest BCUT2D eigenvalue weighted by atomic mass is 9.88. The summed E-state index contributed by atoms with van der Waals surface area (Å²) in [4.78, 5) is 4.74. The highest BCUT2D eigenvalue weighted by Crippen LogP contribution is 2.24. The Bertz CT molecular complexity index is 1290. The molecule has 3 aromatic rings. The molecule has 0 unspecified atom stereocenters. The number of pyridine rings is 1. The summed E-state index contributed by atoms with van der Waals surface area (Å²) in [6, 6.07) is 6.41. The van der Waals surface area contributed by atoms with E-state index in [2.05, 4.69) is 174 Å². The van der Waals surface area contributed by atoms with Gasteiger partial charge in [0.2, 0.25) is 0 Å². The predicted octanol–water partition coefficient (Wildman–Crippen LogP) is 10.9. The van der Waals surface area contributed by atoms with Crippen molar-refractivity contribution in [1.82, 2.24) is 35.0 Å². The lowest BCUT2D eigenvalue weighted by molar-refractivity contribution is 0.327. The molecular weight excluding hydrogens is 591 g/mol. The van der Waals surface area contributed by atoms with Gasteiger partial charge in [-0.05, 0) is 83.1 Å². The summed E-state index contributed by atoms with van der Waals surface area (Å²) in [5, 5.41) is 16.6. The van der Waals surface area contributed by atoms with Gasteiger partial charge in [0.1, 0.15) is 0 Å². The van der Waals surface area contributed by atoms with Crippen LogP contribution in [0.1, 0.15) is 160 Å². The summed E-state index contributed by atoms with van der Waals surface area (Å²) in [6.07, 6.45) is 10.4. The van der Waals surface area contributed by atoms with Crippen LogP contribution in [0.4, 0.5) is 0 Å². The zero-order chi connectivity index (χ0) is 37.2. The van der Waals surface area contributed by atoms with E-state index in [0.29, 0.717) is 27.1 Å². The Morgan fingerprint density at radius 2 is 0.938 bits per heavy atom. The van der Waals surface area contributed by atoms with Crippen molar-refractivity contribution in [2.45, 2.75) is 176 Å². The SMILES string of the molecule is CC(C)(C)CCn1cc(CC(C)(C)C)nn1.CC(C)(C)CCn1nncc1CC(C)(C)C.CC(C)(C)Cc1cccc(CC(C)(C)C)n1. The first-order valence-electron chi connectivity index (χ1n) is 18.2. The van der Waals surface area contributed by atoms with Gasteiger partial charge in [0, 0.05) is 30.7 Å². The first-order valence-corrected chi connectivity index (χ1v) is 18.2. The fourth-order valence-corrected chi connectivity index (χ4v) is 4.92. The van der Waals surface area contributed by atoms with E-state index < -0.39 is 0 Å². The molecule has 3 rings (SSSR count). The molecule has 0 radical (unpaired) electrons. The van der Waals surface area contributed by atoms with Gasteiger partial charge in [-0.25, -0.2) is 4.68 Å². The monoisotopic (exact) mass is 666 g/mol. The molecule has 0 aliphatic rings. The van der Waals surface area contributed by atoms with Crippen LogP contribution in [0.15, 0.2) is 30.6 Å². The Hall–Kier alpha value is -2.57. The second kappa shape index (κ2) is 17.4. The number of hydrogen-bond acceptors (Lipinski definition) is 5. The molecule has 0 fully saturated rings. The Labute approximate surface area is 296 Å². The molecular formula is C41H75N7. The quantitative estimate of drug-likeness (QED) is 0.239. The van der Waals surface area contributed by atoms with E-state index >= 15 is 0 Å². The molecule has 7 nitrogen and oxygen atoms in total. The molecule has 0 saturated carbocycles. The molecule has 0 atom stereocenters. The number of aromatic nitrogens is 7. The molecule has 0 spiro atoms. The Morgan fingerprint density at radius 1 is 0.500 bits per heavy atom. The molecule has 0 N–H and O–H groups in total. The van der Waals surface area contributed by atoms with Gasteiger partial charge in [-0.1, -0.05) is 141 Å². The van der Waals surface area contributed by atoms with E-state index in [1.807, 2.05) is 10.9 Å². The smallest absolute Gasteiger partial charge is 0.0832 e. The Morgan fingerprint density at radius 3 is 1.38 bits per heavy atom. The second-order valence-electron chi connectivity index (χ2n) is 21.1. The summed E-state index contributed by atoms with van der Waals surface area (Å²) < 4.78 is 4.02. The zero-order valence-corrected chi connectivity index (χ0v) is 34.7. The summed E-state index contributed by atoms with van der Waals surface area (Å²) in [5.74, 6) is 0. The normalized spacial score (nSPS) is 13.0. The molecule has 274 valence electrons. The molecule has 3 aromatic heterocycles. The average molecular weight is 666 g/mol. The van der Waals surface area contributed by atoms with E-state index in [-0.39, 0.29) is 5.41 Å². The van der Waals surface area contributed by atoms with Gasteiger partial charge >= 0.3 is 0 Å². The molecule has 0 amide bonds. The molecule has 0 aliphatic carbocycles. The number of aryl methyl sites for hydroxylation is 2. The van der Waals surface area contributed by atoms with E-state index in [1.165, 1.54) is 17.1 Å². The average Bonchev–Trinajstić information content (AvgIpc) is 3.46. The van der Waals surface area contributed by atoms with Gasteiger partial charge in [0.15, 0.2) is 0 Å². The molecule has 48 heavy (non-hydrogen) atoms. The highest BCUT2D eigenvalue weighted by atomic mass is 15.4. The van der Waals surface area contributed by atoms with Crippen LogP contribution < -0.4 is 0 Å². The van der Waals surface area contributed by atoms with Crippen molar-refractivity contribution >= 4 is 0 Å². The highest BCUT2D eigenvalue weighted by Gasteiger charge is 2.18. The Kier molecular flexibility index (Phi) is 15.7. The lowest BCUT2D eigenvalue weighted by Gasteiger charge is -2.21. The predicted molar refractivity (Wildman–Crippen MR) is 205 cm³/mol. The highest BCUT2D eigenvalue weighted by molar-refractivity contribution is 5.13. The summed E-state index contributed by atoms with van der Waals surface area (Å²) in [7, 11) is 0. The maximum absolute atomic E-state index is 4.74. The number of rotatable bonds is 8. The molecule has 7 heteroatoms. The van der Waals surface area contributed by atoms with Crippen LogP contribution in [-0.4, -0.2) is 35.0 Å². The third kappa shape index (κ3) is 22.9. The summed E-state index contributed by atoms with van der Waals surface area (Å²) in [5.41, 5.74) is 6.69. The minimum atomic E-state index is 0.283. The van der Waals surface area contributed by atoms with Crippen molar-refractivity contribution in [2.24, 2.45) is 32.5 Å². The van der Waals surface area contributed by atoms with Crippen molar-refractivity contribution in [3.63, 3.8) is 0 Å². The molecule has 0 bridgehead atoms. The van der Waals surface area contributed by atoms with Crippen molar-refractivity contribution in [3.05, 3.63) is 53.4 Å². The topological polar surface area (TPSA) is 74.3 Å². The largest absolute Gasteiger partial charge is 0.258 e. The van der Waals surface area contributed by atoms with Gasteiger partial charge in [-0.2, -0.15) is 0 Å². The first-order chi connectivity index (χ1) is 21.5. The maximum Gasteiger partial charge on any atom is 0.0832 e. The van der Waals surface area contributed by atoms with Gasteiger partial charge in [-0.3, -0.25) is 9.67 Å². The fraction of sp³-hybridized carbons (Fsp3) is 0.780. The molecule has 3 heterocycles. The van der Waals surface area contributed by atoms with Crippen LogP contribution in [0.3, 0.4) is 0 Å². The number of nitrogens with zero attached hydrogens (tertiary/aromatic N) is 7. The minimum absolute atomic E-state index is 0.283. The van der Waals surface area contributed by atoms with Crippen LogP contribution in [0.2, 0.25) is 0 Å². The molecule has 0 aliphatic heterocycles. The van der Waals surface area contributed by atoms with Crippen LogP contribution in [0, 0.1) is 32.5 Å². The first kappa shape index (κ1) is 43.5. The fourth-order valence-electron chi connectivity index (χ4n) is 4.92. The van der Waals surface area contributed by atoms with E-state index in [1.54, 1.807) is 0 Å².